The van der Waals surface area contributed by atoms with Crippen LogP contribution >= 0.6 is 0 Å². The summed E-state index contributed by atoms with van der Waals surface area (Å²) < 4.78 is 22.1. The van der Waals surface area contributed by atoms with Crippen LogP contribution in [0, 0.1) is 5.41 Å². The zero-order chi connectivity index (χ0) is 13.1. The van der Waals surface area contributed by atoms with E-state index in [0.29, 0.717) is 10.6 Å². The number of ether oxygens (including phenoxy) is 1. The Labute approximate surface area is 104 Å². The second-order valence-electron chi connectivity index (χ2n) is 4.63. The molecule has 0 radical (unpaired) electrons. The molecule has 0 saturated heterocycles. The zero-order valence-corrected chi connectivity index (χ0v) is 12.4. The molecule has 0 bridgehead atoms. The van der Waals surface area contributed by atoms with E-state index >= 15 is 0 Å². The van der Waals surface area contributed by atoms with Crippen molar-refractivity contribution in [2.75, 3.05) is 7.11 Å². The van der Waals surface area contributed by atoms with Gasteiger partial charge < -0.3 is 4.74 Å². The molecule has 0 aliphatic rings. The molecule has 6 heteroatoms. The van der Waals surface area contributed by atoms with E-state index in [2.05, 4.69) is 4.03 Å². The average molecular weight is 270 g/mol. The quantitative estimate of drug-likeness (QED) is 0.519. The van der Waals surface area contributed by atoms with Crippen molar-refractivity contribution in [1.29, 1.82) is 5.41 Å². The first-order valence-electron chi connectivity index (χ1n) is 5.24. The first-order chi connectivity index (χ1) is 7.80. The third-order valence-electron chi connectivity index (χ3n) is 1.95. The van der Waals surface area contributed by atoms with Crippen LogP contribution in [0.4, 0.5) is 0 Å². The summed E-state index contributed by atoms with van der Waals surface area (Å²) in [6, 6.07) is 6.94. The Morgan fingerprint density at radius 1 is 1.41 bits per heavy atom. The number of hydrogen-bond donors (Lipinski definition) is 1. The van der Waals surface area contributed by atoms with E-state index in [1.54, 1.807) is 31.4 Å². The fourth-order valence-corrected chi connectivity index (χ4v) is 5.92. The van der Waals surface area contributed by atoms with Crippen LogP contribution < -0.4 is 4.74 Å². The number of nitrogens with one attached hydrogen (secondary N) is 1. The fraction of sp³-hybridized carbons (Fsp3) is 0.364. The monoisotopic (exact) mass is 270 g/mol. The summed E-state index contributed by atoms with van der Waals surface area (Å²) in [6.07, 6.45) is 0. The van der Waals surface area contributed by atoms with Gasteiger partial charge >= 0.3 is 0 Å². The Bertz CT molecular complexity index is 529. The standard InChI is InChI=1S/C11H18N2O2SSi/c1-15-10-6-5-7-11(8-10)16(14,9-12)13-17(2,3)4/h5-9,12H,1-4H3. The summed E-state index contributed by atoms with van der Waals surface area (Å²) in [7, 11) is -3.06. The molecule has 0 aliphatic carbocycles. The molecular formula is C11H18N2O2SSi. The molecule has 1 rings (SSSR count). The molecular weight excluding hydrogens is 252 g/mol. The van der Waals surface area contributed by atoms with Crippen LogP contribution in [0.15, 0.2) is 33.2 Å². The lowest BCUT2D eigenvalue weighted by molar-refractivity contribution is 0.413. The van der Waals surface area contributed by atoms with Gasteiger partial charge in [0.15, 0.2) is 8.24 Å². The van der Waals surface area contributed by atoms with Crippen molar-refractivity contribution in [3.63, 3.8) is 0 Å². The van der Waals surface area contributed by atoms with Gasteiger partial charge in [0.1, 0.15) is 15.5 Å². The first kappa shape index (κ1) is 13.9. The van der Waals surface area contributed by atoms with Gasteiger partial charge in [0.2, 0.25) is 0 Å². The number of nitrogens with zero attached hydrogens (tertiary/aromatic N) is 1. The maximum atomic E-state index is 12.6. The second-order valence-corrected chi connectivity index (χ2v) is 11.5. The molecule has 1 unspecified atom stereocenters. The lowest BCUT2D eigenvalue weighted by Gasteiger charge is -2.13. The topological polar surface area (TPSA) is 62.5 Å². The van der Waals surface area contributed by atoms with Gasteiger partial charge in [-0.15, -0.1) is 0 Å². The number of methoxy groups -OCH3 is 1. The Kier molecular flexibility index (Phi) is 4.10. The summed E-state index contributed by atoms with van der Waals surface area (Å²) in [5.41, 5.74) is 0.944. The van der Waals surface area contributed by atoms with Gasteiger partial charge in [-0.25, -0.2) is 4.21 Å². The summed E-state index contributed by atoms with van der Waals surface area (Å²) in [5.74, 6) is 0.628. The molecule has 0 heterocycles. The molecule has 1 aromatic carbocycles. The lowest BCUT2D eigenvalue weighted by atomic mass is 10.3. The van der Waals surface area contributed by atoms with Crippen molar-refractivity contribution in [2.45, 2.75) is 24.5 Å². The number of rotatable bonds is 4. The van der Waals surface area contributed by atoms with Crippen molar-refractivity contribution >= 4 is 23.5 Å². The molecule has 0 aromatic heterocycles. The predicted molar refractivity (Wildman–Crippen MR) is 74.0 cm³/mol. The average Bonchev–Trinajstić information content (AvgIpc) is 2.27. The van der Waals surface area contributed by atoms with Crippen molar-refractivity contribution in [3.8, 4) is 5.75 Å². The smallest absolute Gasteiger partial charge is 0.185 e. The second kappa shape index (κ2) is 5.01. The summed E-state index contributed by atoms with van der Waals surface area (Å²) in [6.45, 7) is 5.99. The van der Waals surface area contributed by atoms with Crippen LogP contribution in [-0.4, -0.2) is 25.1 Å². The van der Waals surface area contributed by atoms with Crippen molar-refractivity contribution in [2.24, 2.45) is 4.03 Å². The summed E-state index contributed by atoms with van der Waals surface area (Å²) in [4.78, 5) is 0.536. The van der Waals surface area contributed by atoms with Crippen LogP contribution in [-0.2, 0) is 9.73 Å². The number of hydrogen-bond acceptors (Lipinski definition) is 4. The minimum Gasteiger partial charge on any atom is -0.497 e. The molecule has 1 atom stereocenters. The fourth-order valence-electron chi connectivity index (χ4n) is 1.34. The lowest BCUT2D eigenvalue weighted by Crippen LogP contribution is -2.20. The normalized spacial score (nSPS) is 14.8. The van der Waals surface area contributed by atoms with Crippen LogP contribution in [0.1, 0.15) is 0 Å². The predicted octanol–water partition coefficient (Wildman–Crippen LogP) is 2.96. The molecule has 17 heavy (non-hydrogen) atoms. The van der Waals surface area contributed by atoms with Crippen molar-refractivity contribution in [3.05, 3.63) is 24.3 Å². The highest BCUT2D eigenvalue weighted by Gasteiger charge is 2.18. The molecule has 1 aromatic rings. The van der Waals surface area contributed by atoms with E-state index in [1.807, 2.05) is 19.6 Å². The van der Waals surface area contributed by atoms with Gasteiger partial charge in [-0.3, -0.25) is 9.44 Å². The van der Waals surface area contributed by atoms with E-state index in [4.69, 9.17) is 10.1 Å². The minimum absolute atomic E-state index is 0.536. The van der Waals surface area contributed by atoms with Crippen LogP contribution in [0.3, 0.4) is 0 Å². The van der Waals surface area contributed by atoms with Gasteiger partial charge in [-0.1, -0.05) is 6.07 Å². The molecule has 0 fully saturated rings. The molecule has 4 nitrogen and oxygen atoms in total. The first-order valence-corrected chi connectivity index (χ1v) is 10.3. The summed E-state index contributed by atoms with van der Waals surface area (Å²) in [5, 5.41) is 7.39. The highest BCUT2D eigenvalue weighted by Crippen LogP contribution is 2.21. The summed E-state index contributed by atoms with van der Waals surface area (Å²) >= 11 is 0. The Morgan fingerprint density at radius 3 is 2.53 bits per heavy atom. The zero-order valence-electron chi connectivity index (χ0n) is 10.6. The van der Waals surface area contributed by atoms with Gasteiger partial charge in [0.05, 0.1) is 17.6 Å². The SMILES string of the molecule is COc1cccc(S(=O)(C=N)=N[Si](C)(C)C)c1. The molecule has 1 N–H and O–H groups in total. The van der Waals surface area contributed by atoms with E-state index in [9.17, 15) is 4.21 Å². The molecule has 94 valence electrons. The van der Waals surface area contributed by atoms with Crippen molar-refractivity contribution in [1.82, 2.24) is 0 Å². The highest BCUT2D eigenvalue weighted by molar-refractivity contribution is 8.07. The van der Waals surface area contributed by atoms with Gasteiger partial charge in [-0.2, -0.15) is 0 Å². The van der Waals surface area contributed by atoms with Gasteiger partial charge in [0, 0.05) is 0 Å². The highest BCUT2D eigenvalue weighted by atomic mass is 32.2. The number of benzene rings is 1. The maximum Gasteiger partial charge on any atom is 0.185 e. The Balaban J connectivity index is 3.41. The molecule has 0 spiro atoms. The Morgan fingerprint density at radius 2 is 2.06 bits per heavy atom. The molecule has 0 aliphatic heterocycles. The molecule has 0 saturated carbocycles. The van der Waals surface area contributed by atoms with Gasteiger partial charge in [-0.05, 0) is 37.8 Å². The van der Waals surface area contributed by atoms with E-state index in [-0.39, 0.29) is 0 Å². The third kappa shape index (κ3) is 3.67. The van der Waals surface area contributed by atoms with Crippen LogP contribution in [0.25, 0.3) is 0 Å². The van der Waals surface area contributed by atoms with Crippen molar-refractivity contribution < 1.29 is 8.95 Å². The van der Waals surface area contributed by atoms with Crippen LogP contribution in [0.5, 0.6) is 5.75 Å². The third-order valence-corrected chi connectivity index (χ3v) is 6.47. The van der Waals surface area contributed by atoms with E-state index in [1.165, 1.54) is 0 Å². The largest absolute Gasteiger partial charge is 0.497 e. The van der Waals surface area contributed by atoms with Crippen LogP contribution in [0.2, 0.25) is 19.6 Å². The Hall–Kier alpha value is -1.14. The maximum absolute atomic E-state index is 12.6. The minimum atomic E-state index is -2.75. The van der Waals surface area contributed by atoms with Gasteiger partial charge in [0.25, 0.3) is 0 Å². The van der Waals surface area contributed by atoms with E-state index < -0.39 is 18.0 Å². The molecule has 0 amide bonds. The van der Waals surface area contributed by atoms with E-state index in [0.717, 1.165) is 5.55 Å².